The predicted molar refractivity (Wildman–Crippen MR) is 68.2 cm³/mol. The maximum absolute atomic E-state index is 5.68. The summed E-state index contributed by atoms with van der Waals surface area (Å²) in [5.74, 6) is 0. The second-order valence-corrected chi connectivity index (χ2v) is 4.02. The van der Waals surface area contributed by atoms with E-state index in [4.69, 9.17) is 5.73 Å². The Labute approximate surface area is 93.1 Å². The largest absolute Gasteiger partial charge is 0.399 e. The van der Waals surface area contributed by atoms with Crippen molar-refractivity contribution in [1.82, 2.24) is 0 Å². The molecule has 0 aliphatic carbocycles. The van der Waals surface area contributed by atoms with E-state index in [0.29, 0.717) is 6.04 Å². The molecule has 0 spiro atoms. The zero-order valence-corrected chi connectivity index (χ0v) is 10.0. The number of nitrogens with two attached hydrogens (primary N) is 1. The average Bonchev–Trinajstić information content (AvgIpc) is 2.22. The molecule has 84 valence electrons. The Kier molecular flexibility index (Phi) is 4.47. The van der Waals surface area contributed by atoms with Crippen molar-refractivity contribution in [2.75, 3.05) is 17.2 Å². The van der Waals surface area contributed by atoms with Gasteiger partial charge in [-0.25, -0.2) is 0 Å². The van der Waals surface area contributed by atoms with Gasteiger partial charge in [0.25, 0.3) is 0 Å². The van der Waals surface area contributed by atoms with Gasteiger partial charge < -0.3 is 10.6 Å². The second-order valence-electron chi connectivity index (χ2n) is 4.02. The summed E-state index contributed by atoms with van der Waals surface area (Å²) < 4.78 is 0. The highest BCUT2D eigenvalue weighted by Gasteiger charge is 2.11. The molecule has 0 saturated heterocycles. The molecule has 1 atom stereocenters. The normalized spacial score (nSPS) is 12.5. The van der Waals surface area contributed by atoms with Crippen LogP contribution in [0.15, 0.2) is 24.3 Å². The van der Waals surface area contributed by atoms with Gasteiger partial charge in [-0.1, -0.05) is 13.3 Å². The summed E-state index contributed by atoms with van der Waals surface area (Å²) in [4.78, 5) is 2.42. The fourth-order valence-electron chi connectivity index (χ4n) is 1.99. The summed E-state index contributed by atoms with van der Waals surface area (Å²) in [6.07, 6.45) is 2.46. The fourth-order valence-corrected chi connectivity index (χ4v) is 1.99. The van der Waals surface area contributed by atoms with Gasteiger partial charge in [0, 0.05) is 24.0 Å². The maximum atomic E-state index is 5.68. The van der Waals surface area contributed by atoms with Crippen LogP contribution in [0.2, 0.25) is 0 Å². The molecule has 0 fully saturated rings. The molecule has 0 heterocycles. The van der Waals surface area contributed by atoms with Crippen molar-refractivity contribution >= 4 is 11.4 Å². The Hall–Kier alpha value is -1.18. The van der Waals surface area contributed by atoms with Crippen LogP contribution >= 0.6 is 0 Å². The van der Waals surface area contributed by atoms with E-state index in [1.165, 1.54) is 18.5 Å². The van der Waals surface area contributed by atoms with Crippen LogP contribution in [0.1, 0.15) is 33.6 Å². The van der Waals surface area contributed by atoms with E-state index in [2.05, 4.69) is 37.8 Å². The molecule has 0 bridgehead atoms. The molecule has 15 heavy (non-hydrogen) atoms. The lowest BCUT2D eigenvalue weighted by atomic mass is 10.1. The number of hydrogen-bond donors (Lipinski definition) is 1. The van der Waals surface area contributed by atoms with Gasteiger partial charge in [0.1, 0.15) is 0 Å². The molecule has 1 aromatic rings. The molecule has 0 amide bonds. The summed E-state index contributed by atoms with van der Waals surface area (Å²) in [5.41, 5.74) is 7.79. The van der Waals surface area contributed by atoms with Crippen molar-refractivity contribution in [2.45, 2.75) is 39.7 Å². The predicted octanol–water partition coefficient (Wildman–Crippen LogP) is 3.28. The number of hydrogen-bond acceptors (Lipinski definition) is 2. The molecule has 1 aromatic carbocycles. The van der Waals surface area contributed by atoms with E-state index in [9.17, 15) is 0 Å². The van der Waals surface area contributed by atoms with Crippen LogP contribution in [0.25, 0.3) is 0 Å². The molecule has 2 nitrogen and oxygen atoms in total. The van der Waals surface area contributed by atoms with Gasteiger partial charge in [-0.05, 0) is 44.5 Å². The van der Waals surface area contributed by atoms with Crippen LogP contribution < -0.4 is 10.6 Å². The van der Waals surface area contributed by atoms with Crippen molar-refractivity contribution in [1.29, 1.82) is 0 Å². The number of benzene rings is 1. The molecular weight excluding hydrogens is 184 g/mol. The van der Waals surface area contributed by atoms with Crippen LogP contribution in [0.5, 0.6) is 0 Å². The third kappa shape index (κ3) is 3.15. The molecule has 2 heteroatoms. The summed E-state index contributed by atoms with van der Waals surface area (Å²) in [7, 11) is 0. The lowest BCUT2D eigenvalue weighted by molar-refractivity contribution is 0.591. The van der Waals surface area contributed by atoms with E-state index >= 15 is 0 Å². The van der Waals surface area contributed by atoms with Crippen molar-refractivity contribution in [2.24, 2.45) is 0 Å². The fraction of sp³-hybridized carbons (Fsp3) is 0.538. The number of nitrogens with zero attached hydrogens (tertiary/aromatic N) is 1. The summed E-state index contributed by atoms with van der Waals surface area (Å²) in [5, 5.41) is 0. The minimum Gasteiger partial charge on any atom is -0.399 e. The molecule has 2 N–H and O–H groups in total. The summed E-state index contributed by atoms with van der Waals surface area (Å²) >= 11 is 0. The molecule has 0 radical (unpaired) electrons. The maximum Gasteiger partial charge on any atom is 0.0370 e. The van der Waals surface area contributed by atoms with Gasteiger partial charge in [-0.15, -0.1) is 0 Å². The molecule has 1 rings (SSSR count). The first kappa shape index (κ1) is 11.9. The molecule has 0 aromatic heterocycles. The molecular formula is C13H22N2. The van der Waals surface area contributed by atoms with Crippen molar-refractivity contribution in [3.63, 3.8) is 0 Å². The molecule has 0 aliphatic rings. The van der Waals surface area contributed by atoms with Crippen LogP contribution in [0.4, 0.5) is 11.4 Å². The minimum absolute atomic E-state index is 0.601. The monoisotopic (exact) mass is 206 g/mol. The third-order valence-corrected chi connectivity index (χ3v) is 2.80. The van der Waals surface area contributed by atoms with Crippen LogP contribution in [0, 0.1) is 0 Å². The SMILES string of the molecule is CCCC(C)N(CC)c1ccc(N)cc1. The van der Waals surface area contributed by atoms with Gasteiger partial charge in [0.15, 0.2) is 0 Å². The zero-order valence-electron chi connectivity index (χ0n) is 10.0. The van der Waals surface area contributed by atoms with E-state index in [1.807, 2.05) is 12.1 Å². The Morgan fingerprint density at radius 2 is 1.80 bits per heavy atom. The van der Waals surface area contributed by atoms with Crippen molar-refractivity contribution in [3.8, 4) is 0 Å². The lowest BCUT2D eigenvalue weighted by Gasteiger charge is -2.30. The first-order chi connectivity index (χ1) is 7.19. The van der Waals surface area contributed by atoms with Gasteiger partial charge in [-0.2, -0.15) is 0 Å². The highest BCUT2D eigenvalue weighted by atomic mass is 15.1. The standard InChI is InChI=1S/C13H22N2/c1-4-6-11(3)15(5-2)13-9-7-12(14)8-10-13/h7-11H,4-6,14H2,1-3H3. The van der Waals surface area contributed by atoms with Crippen molar-refractivity contribution in [3.05, 3.63) is 24.3 Å². The lowest BCUT2D eigenvalue weighted by Crippen LogP contribution is -2.32. The van der Waals surface area contributed by atoms with Gasteiger partial charge in [0.05, 0.1) is 0 Å². The van der Waals surface area contributed by atoms with E-state index < -0.39 is 0 Å². The smallest absolute Gasteiger partial charge is 0.0370 e. The summed E-state index contributed by atoms with van der Waals surface area (Å²) in [6.45, 7) is 7.75. The van der Waals surface area contributed by atoms with Gasteiger partial charge in [-0.3, -0.25) is 0 Å². The molecule has 0 saturated carbocycles. The summed E-state index contributed by atoms with van der Waals surface area (Å²) in [6, 6.07) is 8.74. The Bertz CT molecular complexity index is 279. The minimum atomic E-state index is 0.601. The zero-order chi connectivity index (χ0) is 11.3. The Balaban J connectivity index is 2.77. The quantitative estimate of drug-likeness (QED) is 0.749. The van der Waals surface area contributed by atoms with Crippen LogP contribution in [-0.2, 0) is 0 Å². The highest BCUT2D eigenvalue weighted by molar-refractivity contribution is 5.53. The number of rotatable bonds is 5. The molecule has 0 aliphatic heterocycles. The van der Waals surface area contributed by atoms with Crippen LogP contribution in [0.3, 0.4) is 0 Å². The second kappa shape index (κ2) is 5.64. The van der Waals surface area contributed by atoms with E-state index in [0.717, 1.165) is 12.2 Å². The number of nitrogen functional groups attached to an aromatic ring is 1. The number of anilines is 2. The molecule has 1 unspecified atom stereocenters. The first-order valence-corrected chi connectivity index (χ1v) is 5.81. The topological polar surface area (TPSA) is 29.3 Å². The Morgan fingerprint density at radius 1 is 1.20 bits per heavy atom. The van der Waals surface area contributed by atoms with E-state index in [1.54, 1.807) is 0 Å². The first-order valence-electron chi connectivity index (χ1n) is 5.81. The van der Waals surface area contributed by atoms with Gasteiger partial charge >= 0.3 is 0 Å². The Morgan fingerprint density at radius 3 is 2.27 bits per heavy atom. The van der Waals surface area contributed by atoms with Gasteiger partial charge in [0.2, 0.25) is 0 Å². The average molecular weight is 206 g/mol. The van der Waals surface area contributed by atoms with E-state index in [-0.39, 0.29) is 0 Å². The third-order valence-electron chi connectivity index (χ3n) is 2.80. The van der Waals surface area contributed by atoms with Crippen LogP contribution in [-0.4, -0.2) is 12.6 Å². The van der Waals surface area contributed by atoms with Crippen molar-refractivity contribution < 1.29 is 0 Å². The highest BCUT2D eigenvalue weighted by Crippen LogP contribution is 2.20.